The van der Waals surface area contributed by atoms with E-state index in [2.05, 4.69) is 16.4 Å². The van der Waals surface area contributed by atoms with Gasteiger partial charge in [-0.05, 0) is 56.0 Å². The molecular formula is C21H22N4O2. The Bertz CT molecular complexity index is 1000. The van der Waals surface area contributed by atoms with E-state index < -0.39 is 5.60 Å². The van der Waals surface area contributed by atoms with Gasteiger partial charge in [-0.1, -0.05) is 18.9 Å². The maximum Gasteiger partial charge on any atom is 0.229 e. The van der Waals surface area contributed by atoms with Crippen molar-refractivity contribution < 1.29 is 9.90 Å². The number of allylic oxidation sites excluding steroid dienone is 4. The standard InChI is InChI=1S/C21H22N4O2/c1-21(27,15-5-2-3-6-15)12-19(26)24-20-23-17-10-9-14(13-22)11-18(17)25(20)16-7-4-8-16/h4,7-11,15,27H,2-3,5-6,12H2,1H3,(H,23,24,26). The molecule has 2 N–H and O–H groups in total. The molecule has 4 rings (SSSR count). The molecule has 1 heterocycles. The van der Waals surface area contributed by atoms with E-state index in [1.165, 1.54) is 0 Å². The van der Waals surface area contributed by atoms with Crippen molar-refractivity contribution in [2.45, 2.75) is 44.6 Å². The van der Waals surface area contributed by atoms with E-state index in [0.29, 0.717) is 17.0 Å². The van der Waals surface area contributed by atoms with Crippen LogP contribution in [-0.2, 0) is 4.79 Å². The number of amides is 1. The number of anilines is 1. The summed E-state index contributed by atoms with van der Waals surface area (Å²) in [5.74, 6) is 0.313. The number of hydrogen-bond donors (Lipinski definition) is 2. The van der Waals surface area contributed by atoms with E-state index in [9.17, 15) is 15.2 Å². The number of aliphatic hydroxyl groups is 1. The van der Waals surface area contributed by atoms with Crippen molar-refractivity contribution in [2.24, 2.45) is 5.92 Å². The Hall–Kier alpha value is -2.91. The number of fused-ring (bicyclic) bond motifs is 1. The van der Waals surface area contributed by atoms with Gasteiger partial charge >= 0.3 is 0 Å². The third-order valence-corrected chi connectivity index (χ3v) is 5.58. The second-order valence-corrected chi connectivity index (χ2v) is 7.60. The van der Waals surface area contributed by atoms with Crippen LogP contribution in [0.2, 0.25) is 0 Å². The summed E-state index contributed by atoms with van der Waals surface area (Å²) in [6, 6.07) is 7.38. The third-order valence-electron chi connectivity index (χ3n) is 5.58. The maximum absolute atomic E-state index is 12.7. The smallest absolute Gasteiger partial charge is 0.229 e. The molecule has 0 bridgehead atoms. The van der Waals surface area contributed by atoms with Crippen molar-refractivity contribution in [3.63, 3.8) is 0 Å². The Labute approximate surface area is 157 Å². The molecule has 138 valence electrons. The zero-order valence-electron chi connectivity index (χ0n) is 15.3. The maximum atomic E-state index is 12.7. The Balaban J connectivity index is 1.61. The van der Waals surface area contributed by atoms with Crippen molar-refractivity contribution >= 4 is 28.6 Å². The number of nitriles is 1. The van der Waals surface area contributed by atoms with E-state index in [1.807, 2.05) is 22.8 Å². The highest BCUT2D eigenvalue weighted by Crippen LogP contribution is 2.36. The van der Waals surface area contributed by atoms with Crippen molar-refractivity contribution in [2.75, 3.05) is 5.32 Å². The molecular weight excluding hydrogens is 340 g/mol. The quantitative estimate of drug-likeness (QED) is 0.850. The number of hydrogen-bond acceptors (Lipinski definition) is 4. The number of carbonyl (C=O) groups is 1. The van der Waals surface area contributed by atoms with E-state index in [-0.39, 0.29) is 18.2 Å². The average molecular weight is 362 g/mol. The van der Waals surface area contributed by atoms with E-state index in [1.54, 1.807) is 25.1 Å². The van der Waals surface area contributed by atoms with Crippen LogP contribution in [0.5, 0.6) is 0 Å². The van der Waals surface area contributed by atoms with Crippen LogP contribution in [0.4, 0.5) is 5.95 Å². The van der Waals surface area contributed by atoms with Gasteiger partial charge in [0.1, 0.15) is 0 Å². The van der Waals surface area contributed by atoms with Crippen LogP contribution >= 0.6 is 0 Å². The van der Waals surface area contributed by atoms with Crippen LogP contribution in [-0.4, -0.2) is 26.2 Å². The van der Waals surface area contributed by atoms with Crippen LogP contribution in [0.3, 0.4) is 0 Å². The molecule has 27 heavy (non-hydrogen) atoms. The predicted octanol–water partition coefficient (Wildman–Crippen LogP) is 3.59. The molecule has 1 amide bonds. The Morgan fingerprint density at radius 1 is 1.44 bits per heavy atom. The number of rotatable bonds is 5. The average Bonchev–Trinajstić information content (AvgIpc) is 3.22. The Morgan fingerprint density at radius 2 is 2.19 bits per heavy atom. The highest BCUT2D eigenvalue weighted by Gasteiger charge is 2.36. The molecule has 0 aliphatic heterocycles. The number of benzene rings is 1. The van der Waals surface area contributed by atoms with E-state index in [4.69, 9.17) is 0 Å². The fraction of sp³-hybridized carbons (Fsp3) is 0.381. The van der Waals surface area contributed by atoms with Crippen molar-refractivity contribution in [1.29, 1.82) is 5.26 Å². The minimum Gasteiger partial charge on any atom is -0.389 e. The fourth-order valence-electron chi connectivity index (χ4n) is 4.01. The van der Waals surface area contributed by atoms with Crippen LogP contribution in [0.25, 0.3) is 16.7 Å². The summed E-state index contributed by atoms with van der Waals surface area (Å²) in [5, 5.41) is 22.8. The van der Waals surface area contributed by atoms with Gasteiger partial charge in [-0.3, -0.25) is 14.7 Å². The topological polar surface area (TPSA) is 90.9 Å². The molecule has 1 fully saturated rings. The molecule has 1 saturated carbocycles. The zero-order chi connectivity index (χ0) is 19.0. The highest BCUT2D eigenvalue weighted by molar-refractivity contribution is 5.95. The van der Waals surface area contributed by atoms with Crippen LogP contribution < -0.4 is 5.32 Å². The van der Waals surface area contributed by atoms with Gasteiger partial charge in [0, 0.05) is 5.70 Å². The number of imidazole rings is 1. The van der Waals surface area contributed by atoms with Crippen molar-refractivity contribution in [3.05, 3.63) is 42.0 Å². The lowest BCUT2D eigenvalue weighted by Crippen LogP contribution is -2.37. The molecule has 1 aromatic heterocycles. The minimum atomic E-state index is -1.01. The molecule has 1 atom stereocenters. The number of nitrogens with one attached hydrogen (secondary N) is 1. The summed E-state index contributed by atoms with van der Waals surface area (Å²) in [4.78, 5) is 17.2. The largest absolute Gasteiger partial charge is 0.389 e. The molecule has 1 aromatic carbocycles. The number of aromatic nitrogens is 2. The number of carbonyl (C=O) groups excluding carboxylic acids is 1. The van der Waals surface area contributed by atoms with Gasteiger partial charge in [-0.2, -0.15) is 5.26 Å². The SMILES string of the molecule is CC(O)(CC(=O)Nc1nc2ccc(C#N)cc2n1C1=CC=C1)C1CCCC1. The number of nitrogens with zero attached hydrogens (tertiary/aromatic N) is 3. The first-order valence-corrected chi connectivity index (χ1v) is 9.31. The van der Waals surface area contributed by atoms with Crippen molar-refractivity contribution in [1.82, 2.24) is 9.55 Å². The lowest BCUT2D eigenvalue weighted by Gasteiger charge is -2.29. The van der Waals surface area contributed by atoms with Gasteiger partial charge < -0.3 is 5.11 Å². The van der Waals surface area contributed by atoms with Gasteiger partial charge in [-0.25, -0.2) is 4.98 Å². The zero-order valence-corrected chi connectivity index (χ0v) is 15.3. The first-order chi connectivity index (χ1) is 13.0. The van der Waals surface area contributed by atoms with Gasteiger partial charge in [0.15, 0.2) is 0 Å². The summed E-state index contributed by atoms with van der Waals surface area (Å²) >= 11 is 0. The minimum absolute atomic E-state index is 0.0409. The van der Waals surface area contributed by atoms with Gasteiger partial charge in [-0.15, -0.1) is 0 Å². The van der Waals surface area contributed by atoms with Gasteiger partial charge in [0.2, 0.25) is 11.9 Å². The Kier molecular flexibility index (Phi) is 4.33. The van der Waals surface area contributed by atoms with Crippen LogP contribution in [0.1, 0.15) is 44.6 Å². The predicted molar refractivity (Wildman–Crippen MR) is 104 cm³/mol. The monoisotopic (exact) mass is 362 g/mol. The van der Waals surface area contributed by atoms with Gasteiger partial charge in [0.05, 0.1) is 34.7 Å². The molecule has 0 radical (unpaired) electrons. The summed E-state index contributed by atoms with van der Waals surface area (Å²) in [7, 11) is 0. The Morgan fingerprint density at radius 3 is 2.81 bits per heavy atom. The van der Waals surface area contributed by atoms with Crippen LogP contribution in [0.15, 0.2) is 36.4 Å². The molecule has 0 spiro atoms. The first kappa shape index (κ1) is 17.5. The van der Waals surface area contributed by atoms with Crippen molar-refractivity contribution in [3.8, 4) is 6.07 Å². The summed E-state index contributed by atoms with van der Waals surface area (Å²) < 4.78 is 1.83. The molecule has 6 nitrogen and oxygen atoms in total. The normalized spacial score (nSPS) is 18.6. The molecule has 0 saturated heterocycles. The van der Waals surface area contributed by atoms with Crippen LogP contribution in [0, 0.1) is 17.2 Å². The van der Waals surface area contributed by atoms with Gasteiger partial charge in [0.25, 0.3) is 0 Å². The molecule has 2 aromatic rings. The summed E-state index contributed by atoms with van der Waals surface area (Å²) in [6.45, 7) is 1.75. The molecule has 2 aliphatic rings. The van der Waals surface area contributed by atoms with E-state index in [0.717, 1.165) is 36.9 Å². The second-order valence-electron chi connectivity index (χ2n) is 7.60. The summed E-state index contributed by atoms with van der Waals surface area (Å²) in [6.07, 6.45) is 9.95. The highest BCUT2D eigenvalue weighted by atomic mass is 16.3. The lowest BCUT2D eigenvalue weighted by molar-refractivity contribution is -0.122. The third kappa shape index (κ3) is 3.26. The molecule has 6 heteroatoms. The first-order valence-electron chi connectivity index (χ1n) is 9.31. The molecule has 1 unspecified atom stereocenters. The van der Waals surface area contributed by atoms with E-state index >= 15 is 0 Å². The molecule has 2 aliphatic carbocycles. The lowest BCUT2D eigenvalue weighted by atomic mass is 9.85. The fourth-order valence-corrected chi connectivity index (χ4v) is 4.01. The second kappa shape index (κ2) is 6.67. The summed E-state index contributed by atoms with van der Waals surface area (Å²) in [5.41, 5.74) is 1.89.